The molecule has 1 aromatic carbocycles. The van der Waals surface area contributed by atoms with Crippen molar-refractivity contribution >= 4 is 33.6 Å². The number of fused-ring (bicyclic) bond motifs is 1. The number of carbonyl (C=O) groups excluding carboxylic acids is 1. The van der Waals surface area contributed by atoms with Crippen molar-refractivity contribution in [2.75, 3.05) is 18.0 Å². The van der Waals surface area contributed by atoms with Crippen LogP contribution in [0.4, 0.5) is 10.1 Å². The molecule has 1 saturated heterocycles. The molecule has 2 atom stereocenters. The number of aldehydes is 1. The fourth-order valence-electron chi connectivity index (χ4n) is 2.93. The summed E-state index contributed by atoms with van der Waals surface area (Å²) in [5.74, 6) is -0.346. The number of ether oxygens (including phenoxy) is 1. The third-order valence-corrected chi connectivity index (χ3v) is 4.70. The van der Waals surface area contributed by atoms with Crippen LogP contribution in [0.25, 0.3) is 10.1 Å². The van der Waals surface area contributed by atoms with Crippen LogP contribution in [-0.4, -0.2) is 36.0 Å². The second-order valence-electron chi connectivity index (χ2n) is 5.55. The molecule has 2 aromatic rings. The summed E-state index contributed by atoms with van der Waals surface area (Å²) in [7, 11) is 0. The number of morpholine rings is 1. The SMILES string of the molecule is Cc1nsc2c(F)c(N3C[C@@H](C)O[C@@H](C)C3)c(C=O)cc12. The number of hydrogen-bond acceptors (Lipinski definition) is 5. The average Bonchev–Trinajstić information content (AvgIpc) is 2.79. The van der Waals surface area contributed by atoms with E-state index in [0.29, 0.717) is 29.0 Å². The summed E-state index contributed by atoms with van der Waals surface area (Å²) in [6.45, 7) is 6.88. The standard InChI is InChI=1S/C15H17FN2O2S/c1-8-5-18(6-9(2)20-8)14-11(7-19)4-12-10(3)17-21-15(12)13(14)16/h4,7-9H,5-6H2,1-3H3/t8-,9+. The molecule has 0 aliphatic carbocycles. The van der Waals surface area contributed by atoms with E-state index in [-0.39, 0.29) is 18.0 Å². The van der Waals surface area contributed by atoms with E-state index in [1.165, 1.54) is 0 Å². The highest BCUT2D eigenvalue weighted by atomic mass is 32.1. The lowest BCUT2D eigenvalue weighted by atomic mass is 10.1. The van der Waals surface area contributed by atoms with Crippen molar-refractivity contribution in [3.8, 4) is 0 Å². The van der Waals surface area contributed by atoms with E-state index in [1.807, 2.05) is 25.7 Å². The first-order valence-electron chi connectivity index (χ1n) is 6.95. The number of halogens is 1. The van der Waals surface area contributed by atoms with Crippen LogP contribution in [0.5, 0.6) is 0 Å². The molecule has 0 unspecified atom stereocenters. The van der Waals surface area contributed by atoms with Crippen LogP contribution in [-0.2, 0) is 4.74 Å². The van der Waals surface area contributed by atoms with Gasteiger partial charge in [-0.3, -0.25) is 4.79 Å². The number of rotatable bonds is 2. The first-order valence-corrected chi connectivity index (χ1v) is 7.72. The van der Waals surface area contributed by atoms with E-state index in [1.54, 1.807) is 6.07 Å². The van der Waals surface area contributed by atoms with E-state index in [4.69, 9.17) is 4.74 Å². The molecule has 1 aliphatic rings. The van der Waals surface area contributed by atoms with Gasteiger partial charge < -0.3 is 9.64 Å². The average molecular weight is 308 g/mol. The van der Waals surface area contributed by atoms with Gasteiger partial charge in [0.2, 0.25) is 0 Å². The Morgan fingerprint density at radius 3 is 2.71 bits per heavy atom. The second kappa shape index (κ2) is 5.35. The van der Waals surface area contributed by atoms with E-state index in [9.17, 15) is 9.18 Å². The normalized spacial score (nSPS) is 22.8. The summed E-state index contributed by atoms with van der Waals surface area (Å²) in [5, 5.41) is 0.720. The molecule has 112 valence electrons. The fourth-order valence-corrected chi connectivity index (χ4v) is 3.74. The Bertz CT molecular complexity index is 691. The Morgan fingerprint density at radius 1 is 1.43 bits per heavy atom. The largest absolute Gasteiger partial charge is 0.372 e. The molecule has 4 nitrogen and oxygen atoms in total. The maximum absolute atomic E-state index is 14.9. The van der Waals surface area contributed by atoms with Crippen molar-refractivity contribution < 1.29 is 13.9 Å². The predicted octanol–water partition coefficient (Wildman–Crippen LogP) is 3.17. The maximum atomic E-state index is 14.9. The Morgan fingerprint density at radius 2 is 2.10 bits per heavy atom. The highest BCUT2D eigenvalue weighted by Gasteiger charge is 2.28. The molecule has 21 heavy (non-hydrogen) atoms. The van der Waals surface area contributed by atoms with Gasteiger partial charge in [0, 0.05) is 24.0 Å². The van der Waals surface area contributed by atoms with Gasteiger partial charge in [-0.05, 0) is 38.4 Å². The first kappa shape index (κ1) is 14.4. The zero-order valence-electron chi connectivity index (χ0n) is 12.2. The number of aryl methyl sites for hydroxylation is 1. The van der Waals surface area contributed by atoms with E-state index < -0.39 is 0 Å². The number of anilines is 1. The highest BCUT2D eigenvalue weighted by Crippen LogP contribution is 2.35. The minimum Gasteiger partial charge on any atom is -0.372 e. The van der Waals surface area contributed by atoms with Gasteiger partial charge in [-0.25, -0.2) is 4.39 Å². The Hall–Kier alpha value is -1.53. The van der Waals surface area contributed by atoms with Crippen molar-refractivity contribution in [3.63, 3.8) is 0 Å². The van der Waals surface area contributed by atoms with Crippen LogP contribution in [0.2, 0.25) is 0 Å². The molecule has 1 fully saturated rings. The molecule has 6 heteroatoms. The van der Waals surface area contributed by atoms with Crippen molar-refractivity contribution in [2.24, 2.45) is 0 Å². The Kier molecular flexibility index (Phi) is 3.67. The minimum absolute atomic E-state index is 0.00606. The quantitative estimate of drug-likeness (QED) is 0.799. The van der Waals surface area contributed by atoms with Gasteiger partial charge in [0.05, 0.1) is 28.3 Å². The number of aromatic nitrogens is 1. The van der Waals surface area contributed by atoms with Crippen LogP contribution in [0.15, 0.2) is 6.07 Å². The minimum atomic E-state index is -0.346. The van der Waals surface area contributed by atoms with Gasteiger partial charge in [0.1, 0.15) is 0 Å². The molecular formula is C15H17FN2O2S. The topological polar surface area (TPSA) is 42.4 Å². The summed E-state index contributed by atoms with van der Waals surface area (Å²) in [4.78, 5) is 13.3. The summed E-state index contributed by atoms with van der Waals surface area (Å²) in [6, 6.07) is 1.74. The molecular weight excluding hydrogens is 291 g/mol. The summed E-state index contributed by atoms with van der Waals surface area (Å²) >= 11 is 1.14. The van der Waals surface area contributed by atoms with Gasteiger partial charge in [0.15, 0.2) is 12.1 Å². The van der Waals surface area contributed by atoms with Gasteiger partial charge in [-0.1, -0.05) is 0 Å². The lowest BCUT2D eigenvalue weighted by Gasteiger charge is -2.37. The lowest BCUT2D eigenvalue weighted by molar-refractivity contribution is -0.00541. The summed E-state index contributed by atoms with van der Waals surface area (Å²) in [6.07, 6.45) is 0.734. The Balaban J connectivity index is 2.16. The van der Waals surface area contributed by atoms with Gasteiger partial charge in [-0.15, -0.1) is 0 Å². The molecule has 0 amide bonds. The van der Waals surface area contributed by atoms with Crippen LogP contribution < -0.4 is 4.90 Å². The number of hydrogen-bond donors (Lipinski definition) is 0. The molecule has 2 heterocycles. The summed E-state index contributed by atoms with van der Waals surface area (Å²) in [5.41, 5.74) is 1.51. The van der Waals surface area contributed by atoms with Crippen molar-refractivity contribution in [3.05, 3.63) is 23.1 Å². The van der Waals surface area contributed by atoms with E-state index in [0.717, 1.165) is 28.9 Å². The number of nitrogens with zero attached hydrogens (tertiary/aromatic N) is 2. The highest BCUT2D eigenvalue weighted by molar-refractivity contribution is 7.13. The van der Waals surface area contributed by atoms with E-state index in [2.05, 4.69) is 4.37 Å². The van der Waals surface area contributed by atoms with Gasteiger partial charge >= 0.3 is 0 Å². The zero-order valence-corrected chi connectivity index (χ0v) is 13.0. The number of carbonyl (C=O) groups is 1. The third kappa shape index (κ3) is 2.42. The molecule has 0 spiro atoms. The second-order valence-corrected chi connectivity index (χ2v) is 6.33. The lowest BCUT2D eigenvalue weighted by Crippen LogP contribution is -2.46. The molecule has 1 aromatic heterocycles. The number of benzene rings is 1. The molecule has 0 saturated carbocycles. The van der Waals surface area contributed by atoms with E-state index >= 15 is 0 Å². The summed E-state index contributed by atoms with van der Waals surface area (Å²) < 4.78 is 25.3. The van der Waals surface area contributed by atoms with Crippen LogP contribution in [0, 0.1) is 12.7 Å². The molecule has 0 N–H and O–H groups in total. The Labute approximate surface area is 126 Å². The van der Waals surface area contributed by atoms with Gasteiger partial charge in [-0.2, -0.15) is 4.37 Å². The van der Waals surface area contributed by atoms with Gasteiger partial charge in [0.25, 0.3) is 0 Å². The van der Waals surface area contributed by atoms with Crippen molar-refractivity contribution in [2.45, 2.75) is 33.0 Å². The van der Waals surface area contributed by atoms with Crippen LogP contribution >= 0.6 is 11.5 Å². The molecule has 3 rings (SSSR count). The monoisotopic (exact) mass is 308 g/mol. The smallest absolute Gasteiger partial charge is 0.166 e. The molecule has 0 bridgehead atoms. The molecule has 0 radical (unpaired) electrons. The first-order chi connectivity index (χ1) is 10.0. The fraction of sp³-hybridized carbons (Fsp3) is 0.467. The van der Waals surface area contributed by atoms with Crippen LogP contribution in [0.1, 0.15) is 29.9 Å². The zero-order chi connectivity index (χ0) is 15.1. The maximum Gasteiger partial charge on any atom is 0.166 e. The third-order valence-electron chi connectivity index (χ3n) is 3.75. The van der Waals surface area contributed by atoms with Crippen molar-refractivity contribution in [1.82, 2.24) is 4.37 Å². The molecule has 1 aliphatic heterocycles. The van der Waals surface area contributed by atoms with Crippen molar-refractivity contribution in [1.29, 1.82) is 0 Å². The van der Waals surface area contributed by atoms with Crippen LogP contribution in [0.3, 0.4) is 0 Å². The predicted molar refractivity (Wildman–Crippen MR) is 81.9 cm³/mol.